The van der Waals surface area contributed by atoms with Gasteiger partial charge in [-0.1, -0.05) is 30.3 Å². The van der Waals surface area contributed by atoms with Gasteiger partial charge >= 0.3 is 0 Å². The molecule has 0 radical (unpaired) electrons. The number of fused-ring (bicyclic) bond motifs is 1. The Kier molecular flexibility index (Phi) is 9.39. The molecule has 7 heteroatoms. The first-order valence-electron chi connectivity index (χ1n) is 14.4. The molecular weight excluding hydrogens is 512 g/mol. The number of rotatable bonds is 11. The van der Waals surface area contributed by atoms with Crippen molar-refractivity contribution in [1.82, 2.24) is 9.88 Å². The average molecular weight is 555 g/mol. The Hall–Kier alpha value is -3.65. The van der Waals surface area contributed by atoms with Crippen LogP contribution in [0.2, 0.25) is 0 Å². The summed E-state index contributed by atoms with van der Waals surface area (Å²) < 4.78 is 12.8. The van der Waals surface area contributed by atoms with Crippen LogP contribution >= 0.6 is 0 Å². The summed E-state index contributed by atoms with van der Waals surface area (Å²) in [5.41, 5.74) is 5.55. The van der Waals surface area contributed by atoms with Crippen molar-refractivity contribution in [3.63, 3.8) is 0 Å². The van der Waals surface area contributed by atoms with E-state index in [4.69, 9.17) is 9.47 Å². The minimum absolute atomic E-state index is 0.131. The molecule has 7 nitrogen and oxygen atoms in total. The highest BCUT2D eigenvalue weighted by atomic mass is 16.5. The lowest BCUT2D eigenvalue weighted by molar-refractivity contribution is -0.0345. The van der Waals surface area contributed by atoms with Crippen LogP contribution in [0.5, 0.6) is 5.75 Å². The van der Waals surface area contributed by atoms with Crippen LogP contribution in [0.1, 0.15) is 30.1 Å². The third-order valence-corrected chi connectivity index (χ3v) is 7.79. The third-order valence-electron chi connectivity index (χ3n) is 7.79. The monoisotopic (exact) mass is 554 g/mol. The minimum atomic E-state index is -0.572. The van der Waals surface area contributed by atoms with Gasteiger partial charge in [-0.3, -0.25) is 4.98 Å². The number of piperidine rings is 1. The van der Waals surface area contributed by atoms with Crippen LogP contribution in [-0.2, 0) is 4.74 Å². The van der Waals surface area contributed by atoms with Gasteiger partial charge in [-0.25, -0.2) is 0 Å². The number of hydrogen-bond donors (Lipinski definition) is 1. The molecule has 1 aromatic heterocycles. The van der Waals surface area contributed by atoms with Crippen molar-refractivity contribution in [2.24, 2.45) is 0 Å². The van der Waals surface area contributed by atoms with Crippen LogP contribution in [-0.4, -0.2) is 81.6 Å². The van der Waals surface area contributed by atoms with Crippen LogP contribution in [0.15, 0.2) is 85.1 Å². The fraction of sp³-hybridized carbons (Fsp3) is 0.382. The number of aromatic nitrogens is 1. The Morgan fingerprint density at radius 1 is 0.829 bits per heavy atom. The largest absolute Gasteiger partial charge is 0.490 e. The molecule has 1 aliphatic rings. The van der Waals surface area contributed by atoms with Gasteiger partial charge in [0, 0.05) is 70.8 Å². The van der Waals surface area contributed by atoms with Crippen LogP contribution in [0, 0.1) is 0 Å². The van der Waals surface area contributed by atoms with Gasteiger partial charge in [-0.05, 0) is 72.5 Å². The molecule has 0 bridgehead atoms. The van der Waals surface area contributed by atoms with Crippen molar-refractivity contribution in [2.45, 2.75) is 31.2 Å². The number of ether oxygens (including phenoxy) is 2. The summed E-state index contributed by atoms with van der Waals surface area (Å²) in [5.74, 6) is 0.755. The summed E-state index contributed by atoms with van der Waals surface area (Å²) in [6.45, 7) is 2.59. The second kappa shape index (κ2) is 13.3. The van der Waals surface area contributed by atoms with Gasteiger partial charge in [0.05, 0.1) is 11.6 Å². The fourth-order valence-electron chi connectivity index (χ4n) is 5.40. The molecule has 1 atom stereocenters. The van der Waals surface area contributed by atoms with Crippen molar-refractivity contribution in [3.05, 3.63) is 96.2 Å². The van der Waals surface area contributed by atoms with Crippen molar-refractivity contribution < 1.29 is 14.6 Å². The van der Waals surface area contributed by atoms with Crippen LogP contribution in [0.3, 0.4) is 0 Å². The first kappa shape index (κ1) is 28.9. The van der Waals surface area contributed by atoms with E-state index in [1.54, 1.807) is 6.20 Å². The maximum atomic E-state index is 10.7. The molecular formula is C34H42N4O3. The van der Waals surface area contributed by atoms with Crippen LogP contribution < -0.4 is 14.5 Å². The molecule has 1 N–H and O–H groups in total. The molecule has 0 spiro atoms. The molecule has 41 heavy (non-hydrogen) atoms. The zero-order valence-corrected chi connectivity index (χ0v) is 24.6. The minimum Gasteiger partial charge on any atom is -0.490 e. The number of anilines is 2. The zero-order valence-electron chi connectivity index (χ0n) is 24.6. The van der Waals surface area contributed by atoms with Crippen molar-refractivity contribution in [2.75, 3.05) is 64.2 Å². The van der Waals surface area contributed by atoms with E-state index >= 15 is 0 Å². The number of benzene rings is 3. The van der Waals surface area contributed by atoms with E-state index in [2.05, 4.69) is 96.4 Å². The topological polar surface area (TPSA) is 61.3 Å². The van der Waals surface area contributed by atoms with Crippen molar-refractivity contribution >= 4 is 22.3 Å². The number of pyridine rings is 1. The highest BCUT2D eigenvalue weighted by Gasteiger charge is 2.26. The number of β-amino-alcohol motifs (C(OH)–C–C–N with tert-alkyl or cyclic N) is 1. The molecule has 4 aromatic rings. The maximum Gasteiger partial charge on any atom is 0.128 e. The SMILES string of the molecule is CN(C)c1ccc(C(OC2CCN(CC(O)COc3cccc4ncccc34)CC2)c2ccc(N(C)C)cc2)cc1. The van der Waals surface area contributed by atoms with E-state index < -0.39 is 6.10 Å². The molecule has 0 saturated carbocycles. The molecule has 1 aliphatic heterocycles. The lowest BCUT2D eigenvalue weighted by atomic mass is 9.99. The second-order valence-electron chi connectivity index (χ2n) is 11.3. The summed E-state index contributed by atoms with van der Waals surface area (Å²) in [4.78, 5) is 10.9. The first-order valence-corrected chi connectivity index (χ1v) is 14.4. The normalized spacial score (nSPS) is 15.3. The predicted octanol–water partition coefficient (Wildman–Crippen LogP) is 5.38. The van der Waals surface area contributed by atoms with E-state index in [-0.39, 0.29) is 18.8 Å². The van der Waals surface area contributed by atoms with Gasteiger partial charge in [-0.2, -0.15) is 0 Å². The standard InChI is InChI=1S/C34H42N4O3/c1-36(2)27-14-10-25(11-15-27)34(26-12-16-28(17-13-26)37(3)4)41-30-18-21-38(22-19-30)23-29(39)24-40-33-9-5-8-32-31(33)7-6-20-35-32/h5-17,20,29-30,34,39H,18-19,21-24H2,1-4H3. The number of hydrogen-bond acceptors (Lipinski definition) is 7. The maximum absolute atomic E-state index is 10.7. The van der Waals surface area contributed by atoms with Gasteiger partial charge in [0.15, 0.2) is 0 Å². The van der Waals surface area contributed by atoms with Crippen LogP contribution in [0.4, 0.5) is 11.4 Å². The molecule has 1 fully saturated rings. The predicted molar refractivity (Wildman–Crippen MR) is 167 cm³/mol. The molecule has 1 unspecified atom stereocenters. The van der Waals surface area contributed by atoms with Gasteiger partial charge in [-0.15, -0.1) is 0 Å². The molecule has 5 rings (SSSR count). The molecule has 0 aliphatic carbocycles. The summed E-state index contributed by atoms with van der Waals surface area (Å²) in [5, 5.41) is 11.7. The molecule has 216 valence electrons. The Morgan fingerprint density at radius 3 is 2.02 bits per heavy atom. The number of likely N-dealkylation sites (tertiary alicyclic amines) is 1. The first-order chi connectivity index (χ1) is 19.9. The average Bonchev–Trinajstić information content (AvgIpc) is 2.99. The van der Waals surface area contributed by atoms with Crippen LogP contribution in [0.25, 0.3) is 10.9 Å². The number of nitrogens with zero attached hydrogens (tertiary/aromatic N) is 4. The van der Waals surface area contributed by atoms with Crippen molar-refractivity contribution in [1.29, 1.82) is 0 Å². The Bertz CT molecular complexity index is 1330. The van der Waals surface area contributed by atoms with Crippen molar-refractivity contribution in [3.8, 4) is 5.75 Å². The lowest BCUT2D eigenvalue weighted by Crippen LogP contribution is -2.42. The van der Waals surface area contributed by atoms with E-state index in [1.165, 1.54) is 11.4 Å². The highest BCUT2D eigenvalue weighted by molar-refractivity contribution is 5.84. The summed E-state index contributed by atoms with van der Waals surface area (Å²) in [6.07, 6.45) is 3.06. The van der Waals surface area contributed by atoms with E-state index in [0.717, 1.165) is 53.7 Å². The summed E-state index contributed by atoms with van der Waals surface area (Å²) >= 11 is 0. The van der Waals surface area contributed by atoms with E-state index in [0.29, 0.717) is 6.54 Å². The van der Waals surface area contributed by atoms with Gasteiger partial charge in [0.1, 0.15) is 24.6 Å². The van der Waals surface area contributed by atoms with E-state index in [9.17, 15) is 5.11 Å². The Morgan fingerprint density at radius 2 is 1.44 bits per heavy atom. The molecule has 1 saturated heterocycles. The number of aliphatic hydroxyl groups is 1. The van der Waals surface area contributed by atoms with Gasteiger partial charge in [0.25, 0.3) is 0 Å². The Balaban J connectivity index is 1.18. The number of aliphatic hydroxyl groups excluding tert-OH is 1. The molecule has 0 amide bonds. The quantitative estimate of drug-likeness (QED) is 0.267. The highest BCUT2D eigenvalue weighted by Crippen LogP contribution is 2.32. The smallest absolute Gasteiger partial charge is 0.128 e. The van der Waals surface area contributed by atoms with Gasteiger partial charge in [0.2, 0.25) is 0 Å². The zero-order chi connectivity index (χ0) is 28.8. The molecule has 3 aromatic carbocycles. The Labute approximate surface area is 243 Å². The summed E-state index contributed by atoms with van der Waals surface area (Å²) in [7, 11) is 8.23. The fourth-order valence-corrected chi connectivity index (χ4v) is 5.40. The van der Waals surface area contributed by atoms with E-state index in [1.807, 2.05) is 30.3 Å². The summed E-state index contributed by atoms with van der Waals surface area (Å²) in [6, 6.07) is 27.1. The second-order valence-corrected chi connectivity index (χ2v) is 11.3. The molecule has 2 heterocycles. The third kappa shape index (κ3) is 7.36. The van der Waals surface area contributed by atoms with Gasteiger partial charge < -0.3 is 29.3 Å². The lowest BCUT2D eigenvalue weighted by Gasteiger charge is -2.35.